The monoisotopic (exact) mass is 341 g/mol. The molecule has 1 aromatic carbocycles. The van der Waals surface area contributed by atoms with Crippen molar-refractivity contribution in [1.82, 2.24) is 5.06 Å². The summed E-state index contributed by atoms with van der Waals surface area (Å²) >= 11 is 0. The quantitative estimate of drug-likeness (QED) is 0.765. The average molecular weight is 341 g/mol. The van der Waals surface area contributed by atoms with E-state index in [1.54, 1.807) is 32.9 Å². The molecular formula is C16H23NO5S. The first-order valence-electron chi connectivity index (χ1n) is 7.55. The van der Waals surface area contributed by atoms with Crippen molar-refractivity contribution < 1.29 is 22.2 Å². The van der Waals surface area contributed by atoms with Gasteiger partial charge < -0.3 is 4.84 Å². The molecule has 0 spiro atoms. The highest BCUT2D eigenvalue weighted by Gasteiger charge is 2.36. The van der Waals surface area contributed by atoms with Crippen molar-refractivity contribution >= 4 is 16.1 Å². The van der Waals surface area contributed by atoms with Gasteiger partial charge in [0, 0.05) is 6.54 Å². The molecule has 128 valence electrons. The van der Waals surface area contributed by atoms with Crippen molar-refractivity contribution in [1.29, 1.82) is 0 Å². The largest absolute Gasteiger partial charge is 0.367 e. The van der Waals surface area contributed by atoms with E-state index in [1.807, 2.05) is 6.92 Å². The molecule has 7 heteroatoms. The van der Waals surface area contributed by atoms with Crippen LogP contribution in [0.2, 0.25) is 0 Å². The summed E-state index contributed by atoms with van der Waals surface area (Å²) in [6.45, 7) is 7.73. The minimum absolute atomic E-state index is 0.0341. The van der Waals surface area contributed by atoms with Gasteiger partial charge in [0.05, 0.1) is 23.0 Å². The standard InChI is InChI=1S/C16H23NO5S/c1-12-5-7-14(8-6-12)23(19,20)21-11-13-9-10-17(13)22-15(18)16(2,3)4/h5-8,13H,9-11H2,1-4H3/t13-/m1/s1. The molecule has 0 bridgehead atoms. The molecule has 0 amide bonds. The fourth-order valence-electron chi connectivity index (χ4n) is 1.89. The van der Waals surface area contributed by atoms with E-state index >= 15 is 0 Å². The number of aryl methyl sites for hydroxylation is 1. The number of nitrogens with zero attached hydrogens (tertiary/aromatic N) is 1. The number of hydrogen-bond donors (Lipinski definition) is 0. The number of hydroxylamine groups is 2. The van der Waals surface area contributed by atoms with Crippen molar-refractivity contribution in [2.75, 3.05) is 13.2 Å². The maximum absolute atomic E-state index is 12.1. The van der Waals surface area contributed by atoms with Crippen LogP contribution in [0, 0.1) is 12.3 Å². The number of rotatable bonds is 5. The van der Waals surface area contributed by atoms with Gasteiger partial charge in [-0.1, -0.05) is 17.7 Å². The Morgan fingerprint density at radius 2 is 1.87 bits per heavy atom. The average Bonchev–Trinajstić information content (AvgIpc) is 2.42. The molecule has 0 N–H and O–H groups in total. The van der Waals surface area contributed by atoms with E-state index in [0.29, 0.717) is 6.54 Å². The molecule has 1 aliphatic rings. The molecule has 1 heterocycles. The van der Waals surface area contributed by atoms with Gasteiger partial charge in [-0.3, -0.25) is 4.18 Å². The molecule has 6 nitrogen and oxygen atoms in total. The zero-order valence-corrected chi connectivity index (χ0v) is 14.7. The van der Waals surface area contributed by atoms with Gasteiger partial charge in [0.15, 0.2) is 0 Å². The van der Waals surface area contributed by atoms with Crippen molar-refractivity contribution in [2.45, 2.75) is 45.1 Å². The summed E-state index contributed by atoms with van der Waals surface area (Å²) in [6.07, 6.45) is 0.723. The van der Waals surface area contributed by atoms with Crippen LogP contribution in [0.3, 0.4) is 0 Å². The van der Waals surface area contributed by atoms with E-state index in [9.17, 15) is 13.2 Å². The van der Waals surface area contributed by atoms with Crippen LogP contribution in [-0.2, 0) is 23.9 Å². The summed E-state index contributed by atoms with van der Waals surface area (Å²) in [5.74, 6) is -0.344. The van der Waals surface area contributed by atoms with Gasteiger partial charge in [-0.15, -0.1) is 5.06 Å². The van der Waals surface area contributed by atoms with E-state index in [2.05, 4.69) is 0 Å². The minimum Gasteiger partial charge on any atom is -0.367 e. The third kappa shape index (κ3) is 4.53. The second kappa shape index (κ2) is 6.59. The van der Waals surface area contributed by atoms with E-state index < -0.39 is 15.5 Å². The SMILES string of the molecule is Cc1ccc(S(=O)(=O)OC[C@H]2CCN2OC(=O)C(C)(C)C)cc1. The Morgan fingerprint density at radius 3 is 2.35 bits per heavy atom. The molecule has 0 aliphatic carbocycles. The van der Waals surface area contributed by atoms with Crippen LogP contribution in [0.5, 0.6) is 0 Å². The molecule has 2 rings (SSSR count). The molecule has 1 fully saturated rings. The Labute approximate surface area is 137 Å². The maximum Gasteiger partial charge on any atom is 0.330 e. The minimum atomic E-state index is -3.80. The highest BCUT2D eigenvalue weighted by molar-refractivity contribution is 7.86. The predicted octanol–water partition coefficient (Wildman–Crippen LogP) is 2.28. The molecule has 0 radical (unpaired) electrons. The van der Waals surface area contributed by atoms with Crippen LogP contribution < -0.4 is 0 Å². The molecule has 0 aromatic heterocycles. The summed E-state index contributed by atoms with van der Waals surface area (Å²) in [6, 6.07) is 6.24. The smallest absolute Gasteiger partial charge is 0.330 e. The topological polar surface area (TPSA) is 72.9 Å². The third-order valence-corrected chi connectivity index (χ3v) is 4.92. The lowest BCUT2D eigenvalue weighted by Crippen LogP contribution is -2.52. The first-order valence-corrected chi connectivity index (χ1v) is 8.95. The zero-order valence-electron chi connectivity index (χ0n) is 13.9. The number of carbonyl (C=O) groups is 1. The number of benzene rings is 1. The van der Waals surface area contributed by atoms with E-state index in [-0.39, 0.29) is 23.5 Å². The van der Waals surface area contributed by atoms with Crippen molar-refractivity contribution in [3.05, 3.63) is 29.8 Å². The van der Waals surface area contributed by atoms with Crippen LogP contribution in [0.15, 0.2) is 29.2 Å². The Hall–Kier alpha value is -1.44. The summed E-state index contributed by atoms with van der Waals surface area (Å²) < 4.78 is 29.4. The van der Waals surface area contributed by atoms with Gasteiger partial charge in [0.25, 0.3) is 10.1 Å². The van der Waals surface area contributed by atoms with Crippen molar-refractivity contribution in [2.24, 2.45) is 5.41 Å². The molecule has 0 unspecified atom stereocenters. The van der Waals surface area contributed by atoms with Crippen LogP contribution in [0.1, 0.15) is 32.8 Å². The van der Waals surface area contributed by atoms with Gasteiger partial charge in [-0.2, -0.15) is 8.42 Å². The lowest BCUT2D eigenvalue weighted by atomic mass is 9.97. The summed E-state index contributed by atoms with van der Waals surface area (Å²) in [5.41, 5.74) is 0.373. The normalized spacial score (nSPS) is 19.2. The second-order valence-electron chi connectivity index (χ2n) is 6.76. The summed E-state index contributed by atoms with van der Waals surface area (Å²) in [7, 11) is -3.80. The van der Waals surface area contributed by atoms with E-state index in [0.717, 1.165) is 12.0 Å². The van der Waals surface area contributed by atoms with Crippen LogP contribution >= 0.6 is 0 Å². The number of carbonyl (C=O) groups excluding carboxylic acids is 1. The molecule has 1 aromatic rings. The van der Waals surface area contributed by atoms with Crippen LogP contribution in [0.4, 0.5) is 0 Å². The zero-order chi connectivity index (χ0) is 17.3. The van der Waals surface area contributed by atoms with Gasteiger partial charge in [0.1, 0.15) is 0 Å². The van der Waals surface area contributed by atoms with Crippen molar-refractivity contribution in [3.63, 3.8) is 0 Å². The number of hydrogen-bond acceptors (Lipinski definition) is 6. The predicted molar refractivity (Wildman–Crippen MR) is 85.0 cm³/mol. The van der Waals surface area contributed by atoms with Gasteiger partial charge in [-0.05, 0) is 46.2 Å². The highest BCUT2D eigenvalue weighted by Crippen LogP contribution is 2.24. The van der Waals surface area contributed by atoms with Crippen LogP contribution in [-0.4, -0.2) is 38.6 Å². The van der Waals surface area contributed by atoms with Crippen LogP contribution in [0.25, 0.3) is 0 Å². The van der Waals surface area contributed by atoms with E-state index in [4.69, 9.17) is 9.02 Å². The Kier molecular flexibility index (Phi) is 5.13. The lowest BCUT2D eigenvalue weighted by Gasteiger charge is -2.39. The first kappa shape index (κ1) is 17.9. The van der Waals surface area contributed by atoms with Gasteiger partial charge in [-0.25, -0.2) is 4.79 Å². The molecule has 1 saturated heterocycles. The van der Waals surface area contributed by atoms with Gasteiger partial charge in [0.2, 0.25) is 0 Å². The Balaban J connectivity index is 1.90. The Bertz CT molecular complexity index is 661. The lowest BCUT2D eigenvalue weighted by molar-refractivity contribution is -0.239. The molecular weight excluding hydrogens is 318 g/mol. The fraction of sp³-hybridized carbons (Fsp3) is 0.562. The van der Waals surface area contributed by atoms with Crippen molar-refractivity contribution in [3.8, 4) is 0 Å². The maximum atomic E-state index is 12.1. The highest BCUT2D eigenvalue weighted by atomic mass is 32.2. The molecule has 1 aliphatic heterocycles. The summed E-state index contributed by atoms with van der Waals surface area (Å²) in [4.78, 5) is 17.2. The summed E-state index contributed by atoms with van der Waals surface area (Å²) in [5, 5.41) is 1.48. The molecule has 0 saturated carbocycles. The molecule has 1 atom stereocenters. The first-order chi connectivity index (χ1) is 10.6. The molecule has 23 heavy (non-hydrogen) atoms. The Morgan fingerprint density at radius 1 is 1.26 bits per heavy atom. The third-order valence-electron chi connectivity index (χ3n) is 3.63. The van der Waals surface area contributed by atoms with Gasteiger partial charge >= 0.3 is 5.97 Å². The fourth-order valence-corrected chi connectivity index (χ4v) is 2.83. The van der Waals surface area contributed by atoms with E-state index in [1.165, 1.54) is 17.2 Å². The second-order valence-corrected chi connectivity index (χ2v) is 8.38.